The van der Waals surface area contributed by atoms with Gasteiger partial charge in [-0.25, -0.2) is 4.68 Å². The number of hydrogen-bond acceptors (Lipinski definition) is 5. The number of nitrogens with zero attached hydrogens (tertiary/aromatic N) is 3. The predicted octanol–water partition coefficient (Wildman–Crippen LogP) is 0.0310. The average molecular weight is 242 g/mol. The predicted molar refractivity (Wildman–Crippen MR) is 64.4 cm³/mol. The Balaban J connectivity index is 2.32. The summed E-state index contributed by atoms with van der Waals surface area (Å²) in [4.78, 5) is 0. The molecule has 0 bridgehead atoms. The van der Waals surface area contributed by atoms with Gasteiger partial charge in [0, 0.05) is 19.9 Å². The Bertz CT molecular complexity index is 314. The molecule has 17 heavy (non-hydrogen) atoms. The van der Waals surface area contributed by atoms with Crippen LogP contribution in [0.15, 0.2) is 6.20 Å². The maximum absolute atomic E-state index is 9.53. The third-order valence-electron chi connectivity index (χ3n) is 2.20. The van der Waals surface area contributed by atoms with Gasteiger partial charge in [0.05, 0.1) is 24.9 Å². The van der Waals surface area contributed by atoms with Gasteiger partial charge in [0.1, 0.15) is 0 Å². The fraction of sp³-hybridized carbons (Fsp3) is 0.818. The van der Waals surface area contributed by atoms with Gasteiger partial charge < -0.3 is 15.2 Å². The molecule has 98 valence electrons. The van der Waals surface area contributed by atoms with Gasteiger partial charge in [-0.15, -0.1) is 5.10 Å². The Hall–Kier alpha value is -0.980. The zero-order chi connectivity index (χ0) is 12.7. The Morgan fingerprint density at radius 2 is 2.29 bits per heavy atom. The molecule has 0 radical (unpaired) electrons. The van der Waals surface area contributed by atoms with Crippen molar-refractivity contribution in [2.24, 2.45) is 5.92 Å². The van der Waals surface area contributed by atoms with Gasteiger partial charge in [0.15, 0.2) is 0 Å². The lowest BCUT2D eigenvalue weighted by atomic mass is 10.2. The minimum absolute atomic E-state index is 0.306. The number of rotatable bonds is 8. The van der Waals surface area contributed by atoms with E-state index < -0.39 is 6.10 Å². The van der Waals surface area contributed by atoms with Crippen LogP contribution in [0.5, 0.6) is 0 Å². The molecule has 0 spiro atoms. The van der Waals surface area contributed by atoms with Crippen molar-refractivity contribution >= 4 is 0 Å². The lowest BCUT2D eigenvalue weighted by Crippen LogP contribution is -2.21. The molecule has 0 saturated heterocycles. The molecule has 1 rings (SSSR count). The van der Waals surface area contributed by atoms with E-state index in [4.69, 9.17) is 4.74 Å². The van der Waals surface area contributed by atoms with E-state index in [-0.39, 0.29) is 0 Å². The highest BCUT2D eigenvalue weighted by atomic mass is 16.5. The normalized spacial score (nSPS) is 13.2. The third kappa shape index (κ3) is 5.76. The van der Waals surface area contributed by atoms with Gasteiger partial charge in [0.2, 0.25) is 0 Å². The molecule has 1 atom stereocenters. The van der Waals surface area contributed by atoms with Gasteiger partial charge in [0.25, 0.3) is 0 Å². The second-order valence-electron chi connectivity index (χ2n) is 4.57. The van der Waals surface area contributed by atoms with Crippen LogP contribution in [0.25, 0.3) is 0 Å². The van der Waals surface area contributed by atoms with Crippen molar-refractivity contribution in [2.45, 2.75) is 33.0 Å². The molecule has 0 saturated carbocycles. The molecule has 2 N–H and O–H groups in total. The van der Waals surface area contributed by atoms with E-state index in [2.05, 4.69) is 29.5 Å². The molecule has 1 heterocycles. The van der Waals surface area contributed by atoms with Crippen LogP contribution in [0.3, 0.4) is 0 Å². The number of aliphatic hydroxyl groups excluding tert-OH is 1. The van der Waals surface area contributed by atoms with Crippen LogP contribution in [-0.4, -0.2) is 46.5 Å². The van der Waals surface area contributed by atoms with E-state index in [1.54, 1.807) is 11.8 Å². The molecule has 0 aromatic carbocycles. The molecule has 1 aromatic rings. The van der Waals surface area contributed by atoms with Crippen molar-refractivity contribution in [3.63, 3.8) is 0 Å². The summed E-state index contributed by atoms with van der Waals surface area (Å²) < 4.78 is 6.48. The van der Waals surface area contributed by atoms with E-state index in [0.717, 1.165) is 12.2 Å². The molecular weight excluding hydrogens is 220 g/mol. The van der Waals surface area contributed by atoms with Crippen LogP contribution < -0.4 is 5.32 Å². The molecule has 6 nitrogen and oxygen atoms in total. The largest absolute Gasteiger partial charge is 0.389 e. The van der Waals surface area contributed by atoms with Crippen LogP contribution >= 0.6 is 0 Å². The molecule has 6 heteroatoms. The Morgan fingerprint density at radius 3 is 2.94 bits per heavy atom. The van der Waals surface area contributed by atoms with Crippen LogP contribution in [0.4, 0.5) is 0 Å². The van der Waals surface area contributed by atoms with E-state index in [1.807, 2.05) is 6.20 Å². The fourth-order valence-corrected chi connectivity index (χ4v) is 1.46. The Morgan fingerprint density at radius 1 is 1.53 bits per heavy atom. The molecule has 0 fully saturated rings. The average Bonchev–Trinajstić information content (AvgIpc) is 2.65. The number of nitrogens with one attached hydrogen (secondary N) is 1. The number of aliphatic hydroxyl groups is 1. The van der Waals surface area contributed by atoms with E-state index in [9.17, 15) is 5.11 Å². The molecule has 1 aromatic heterocycles. The van der Waals surface area contributed by atoms with Crippen molar-refractivity contribution < 1.29 is 9.84 Å². The van der Waals surface area contributed by atoms with E-state index in [0.29, 0.717) is 25.6 Å². The first-order chi connectivity index (χ1) is 8.11. The second kappa shape index (κ2) is 7.37. The lowest BCUT2D eigenvalue weighted by Gasteiger charge is -2.08. The highest BCUT2D eigenvalue weighted by molar-refractivity contribution is 4.91. The summed E-state index contributed by atoms with van der Waals surface area (Å²) in [6.07, 6.45) is 1.30. The van der Waals surface area contributed by atoms with Crippen molar-refractivity contribution in [2.75, 3.05) is 20.3 Å². The van der Waals surface area contributed by atoms with Crippen LogP contribution in [0.2, 0.25) is 0 Å². The number of methoxy groups -OCH3 is 1. The first-order valence-electron chi connectivity index (χ1n) is 5.88. The minimum atomic E-state index is -0.543. The third-order valence-corrected chi connectivity index (χ3v) is 2.20. The number of hydrogen-bond donors (Lipinski definition) is 2. The summed E-state index contributed by atoms with van der Waals surface area (Å²) in [6, 6.07) is 0. The van der Waals surface area contributed by atoms with Crippen molar-refractivity contribution in [1.82, 2.24) is 20.3 Å². The maximum Gasteiger partial charge on any atom is 0.0969 e. The SMILES string of the molecule is COCC(O)Cn1cc(CNCC(C)C)nn1. The summed E-state index contributed by atoms with van der Waals surface area (Å²) in [5, 5.41) is 20.8. The van der Waals surface area contributed by atoms with E-state index in [1.165, 1.54) is 0 Å². The molecule has 1 unspecified atom stereocenters. The Labute approximate surface area is 102 Å². The van der Waals surface area contributed by atoms with Crippen LogP contribution in [-0.2, 0) is 17.8 Å². The summed E-state index contributed by atoms with van der Waals surface area (Å²) in [5.41, 5.74) is 0.885. The summed E-state index contributed by atoms with van der Waals surface area (Å²) in [7, 11) is 1.56. The summed E-state index contributed by atoms with van der Waals surface area (Å²) >= 11 is 0. The second-order valence-corrected chi connectivity index (χ2v) is 4.57. The van der Waals surface area contributed by atoms with Crippen molar-refractivity contribution in [1.29, 1.82) is 0 Å². The van der Waals surface area contributed by atoms with Gasteiger partial charge in [-0.05, 0) is 12.5 Å². The molecule has 0 aliphatic carbocycles. The first kappa shape index (κ1) is 14.1. The zero-order valence-electron chi connectivity index (χ0n) is 10.8. The molecule has 0 amide bonds. The molecular formula is C11H22N4O2. The first-order valence-corrected chi connectivity index (χ1v) is 5.88. The van der Waals surface area contributed by atoms with Crippen LogP contribution in [0.1, 0.15) is 19.5 Å². The zero-order valence-corrected chi connectivity index (χ0v) is 10.8. The maximum atomic E-state index is 9.53. The van der Waals surface area contributed by atoms with Crippen LogP contribution in [0, 0.1) is 5.92 Å². The highest BCUT2D eigenvalue weighted by Gasteiger charge is 2.07. The standard InChI is InChI=1S/C11H22N4O2/c1-9(2)4-12-5-10-6-15(14-13-10)7-11(16)8-17-3/h6,9,11-12,16H,4-5,7-8H2,1-3H3. The molecule has 0 aliphatic rings. The monoisotopic (exact) mass is 242 g/mol. The quantitative estimate of drug-likeness (QED) is 0.673. The van der Waals surface area contributed by atoms with E-state index >= 15 is 0 Å². The van der Waals surface area contributed by atoms with Crippen molar-refractivity contribution in [3.05, 3.63) is 11.9 Å². The number of aromatic nitrogens is 3. The van der Waals surface area contributed by atoms with Gasteiger partial charge >= 0.3 is 0 Å². The highest BCUT2D eigenvalue weighted by Crippen LogP contribution is 1.96. The lowest BCUT2D eigenvalue weighted by molar-refractivity contribution is 0.0510. The van der Waals surface area contributed by atoms with Gasteiger partial charge in [-0.2, -0.15) is 0 Å². The number of ether oxygens (including phenoxy) is 1. The van der Waals surface area contributed by atoms with Gasteiger partial charge in [-0.1, -0.05) is 19.1 Å². The fourth-order valence-electron chi connectivity index (χ4n) is 1.46. The van der Waals surface area contributed by atoms with Crippen molar-refractivity contribution in [3.8, 4) is 0 Å². The Kier molecular flexibility index (Phi) is 6.10. The smallest absolute Gasteiger partial charge is 0.0969 e. The van der Waals surface area contributed by atoms with Gasteiger partial charge in [-0.3, -0.25) is 0 Å². The topological polar surface area (TPSA) is 72.2 Å². The minimum Gasteiger partial charge on any atom is -0.389 e. The summed E-state index contributed by atoms with van der Waals surface area (Å²) in [6.45, 7) is 6.69. The molecule has 0 aliphatic heterocycles. The summed E-state index contributed by atoms with van der Waals surface area (Å²) in [5.74, 6) is 0.619.